The number of carbonyl (C=O) groups excluding carboxylic acids is 2. The lowest BCUT2D eigenvalue weighted by Crippen LogP contribution is -2.49. The van der Waals surface area contributed by atoms with Crippen LogP contribution in [0.15, 0.2) is 47.6 Å². The molecule has 7 heteroatoms. The van der Waals surface area contributed by atoms with Crippen LogP contribution in [-0.2, 0) is 4.79 Å². The standard InChI is InChI=1S/C25H31FN4O2/c1-16-7-8-19(13-17(16)2)21-14-22(18-9-11-20(26)12-10-18)30(28-21)23(31)15-29(6)24(32)27-25(3,4)5/h7-13,22H,14-15H2,1-6H3,(H,27,32). The zero-order chi connectivity index (χ0) is 23.6. The maximum Gasteiger partial charge on any atom is 0.318 e. The third-order valence-electron chi connectivity index (χ3n) is 5.46. The highest BCUT2D eigenvalue weighted by atomic mass is 19.1. The van der Waals surface area contributed by atoms with E-state index in [4.69, 9.17) is 0 Å². The molecular formula is C25H31FN4O2. The van der Waals surface area contributed by atoms with Crippen molar-refractivity contribution in [2.24, 2.45) is 5.10 Å². The number of benzene rings is 2. The van der Waals surface area contributed by atoms with Crippen molar-refractivity contribution in [3.8, 4) is 0 Å². The van der Waals surface area contributed by atoms with Crippen molar-refractivity contribution in [3.05, 3.63) is 70.5 Å². The molecule has 0 aromatic heterocycles. The summed E-state index contributed by atoms with van der Waals surface area (Å²) in [4.78, 5) is 27.0. The van der Waals surface area contributed by atoms with Gasteiger partial charge in [0.05, 0.1) is 11.8 Å². The van der Waals surface area contributed by atoms with E-state index in [0.29, 0.717) is 6.42 Å². The van der Waals surface area contributed by atoms with Crippen molar-refractivity contribution >= 4 is 17.6 Å². The number of amides is 3. The molecule has 2 aromatic carbocycles. The van der Waals surface area contributed by atoms with Crippen molar-refractivity contribution in [3.63, 3.8) is 0 Å². The number of likely N-dealkylation sites (N-methyl/N-ethyl adjacent to an activating group) is 1. The van der Waals surface area contributed by atoms with Gasteiger partial charge in [-0.05, 0) is 75.1 Å². The number of carbonyl (C=O) groups is 2. The molecule has 1 heterocycles. The molecule has 1 atom stereocenters. The van der Waals surface area contributed by atoms with Gasteiger partial charge < -0.3 is 10.2 Å². The van der Waals surface area contributed by atoms with Crippen molar-refractivity contribution in [2.45, 2.75) is 52.6 Å². The Bertz CT molecular complexity index is 1040. The fourth-order valence-electron chi connectivity index (χ4n) is 3.54. The van der Waals surface area contributed by atoms with E-state index in [-0.39, 0.29) is 30.3 Å². The molecule has 0 saturated carbocycles. The molecule has 0 bridgehead atoms. The van der Waals surface area contributed by atoms with Crippen LogP contribution in [0.2, 0.25) is 0 Å². The lowest BCUT2D eigenvalue weighted by molar-refractivity contribution is -0.133. The zero-order valence-electron chi connectivity index (χ0n) is 19.6. The molecule has 6 nitrogen and oxygen atoms in total. The van der Waals surface area contributed by atoms with E-state index in [0.717, 1.165) is 22.4 Å². The molecule has 0 aliphatic carbocycles. The van der Waals surface area contributed by atoms with E-state index in [1.54, 1.807) is 19.2 Å². The SMILES string of the molecule is Cc1ccc(C2=NN(C(=O)CN(C)C(=O)NC(C)(C)C)C(c3ccc(F)cc3)C2)cc1C. The average molecular weight is 439 g/mol. The predicted molar refractivity (Wildman–Crippen MR) is 124 cm³/mol. The largest absolute Gasteiger partial charge is 0.333 e. The first-order valence-corrected chi connectivity index (χ1v) is 10.7. The number of nitrogens with one attached hydrogen (secondary N) is 1. The van der Waals surface area contributed by atoms with Gasteiger partial charge in [-0.1, -0.05) is 24.3 Å². The van der Waals surface area contributed by atoms with E-state index in [9.17, 15) is 14.0 Å². The second-order valence-electron chi connectivity index (χ2n) is 9.39. The number of hydrogen-bond acceptors (Lipinski definition) is 3. The van der Waals surface area contributed by atoms with Gasteiger partial charge in [0, 0.05) is 19.0 Å². The Balaban J connectivity index is 1.87. The van der Waals surface area contributed by atoms with Crippen LogP contribution in [0.5, 0.6) is 0 Å². The summed E-state index contributed by atoms with van der Waals surface area (Å²) in [5.74, 6) is -0.636. The summed E-state index contributed by atoms with van der Waals surface area (Å²) in [6.07, 6.45) is 0.512. The van der Waals surface area contributed by atoms with E-state index in [1.807, 2.05) is 46.8 Å². The summed E-state index contributed by atoms with van der Waals surface area (Å²) in [6.45, 7) is 9.61. The van der Waals surface area contributed by atoms with Crippen LogP contribution in [-0.4, -0.2) is 46.7 Å². The Labute approximate surface area is 189 Å². The third-order valence-corrected chi connectivity index (χ3v) is 5.46. The fraction of sp³-hybridized carbons (Fsp3) is 0.400. The molecule has 1 aliphatic rings. The topological polar surface area (TPSA) is 65.0 Å². The molecule has 0 fully saturated rings. The van der Waals surface area contributed by atoms with Gasteiger partial charge in [-0.15, -0.1) is 0 Å². The number of hydrogen-bond donors (Lipinski definition) is 1. The van der Waals surface area contributed by atoms with Crippen LogP contribution in [0.1, 0.15) is 55.5 Å². The number of rotatable bonds is 4. The molecule has 0 radical (unpaired) electrons. The second kappa shape index (κ2) is 9.10. The number of nitrogens with zero attached hydrogens (tertiary/aromatic N) is 3. The predicted octanol–water partition coefficient (Wildman–Crippen LogP) is 4.56. The minimum atomic E-state index is -0.409. The zero-order valence-corrected chi connectivity index (χ0v) is 19.6. The first kappa shape index (κ1) is 23.4. The summed E-state index contributed by atoms with van der Waals surface area (Å²) in [5.41, 5.74) is 4.46. The summed E-state index contributed by atoms with van der Waals surface area (Å²) in [5, 5.41) is 8.92. The van der Waals surface area contributed by atoms with Crippen molar-refractivity contribution in [1.29, 1.82) is 0 Å². The monoisotopic (exact) mass is 438 g/mol. The van der Waals surface area contributed by atoms with Crippen LogP contribution in [0.3, 0.4) is 0 Å². The molecule has 1 unspecified atom stereocenters. The Morgan fingerprint density at radius 2 is 1.78 bits per heavy atom. The molecular weight excluding hydrogens is 407 g/mol. The van der Waals surface area contributed by atoms with Crippen molar-refractivity contribution < 1.29 is 14.0 Å². The highest BCUT2D eigenvalue weighted by molar-refractivity contribution is 6.03. The van der Waals surface area contributed by atoms with E-state index < -0.39 is 5.54 Å². The number of halogens is 1. The van der Waals surface area contributed by atoms with Gasteiger partial charge in [0.15, 0.2) is 0 Å². The molecule has 3 amide bonds. The molecule has 1 aliphatic heterocycles. The van der Waals surface area contributed by atoms with Crippen LogP contribution in [0, 0.1) is 19.7 Å². The average Bonchev–Trinajstić information content (AvgIpc) is 3.15. The maximum atomic E-state index is 13.5. The molecule has 3 rings (SSSR count). The summed E-state index contributed by atoms with van der Waals surface area (Å²) in [7, 11) is 1.58. The molecule has 32 heavy (non-hydrogen) atoms. The van der Waals surface area contributed by atoms with Gasteiger partial charge in [-0.3, -0.25) is 4.79 Å². The first-order valence-electron chi connectivity index (χ1n) is 10.7. The van der Waals surface area contributed by atoms with Gasteiger partial charge in [0.2, 0.25) is 0 Å². The summed E-state index contributed by atoms with van der Waals surface area (Å²) < 4.78 is 13.5. The lowest BCUT2D eigenvalue weighted by atomic mass is 9.96. The Hall–Kier alpha value is -3.22. The molecule has 170 valence electrons. The molecule has 1 N–H and O–H groups in total. The van der Waals surface area contributed by atoms with Gasteiger partial charge in [-0.2, -0.15) is 5.10 Å². The van der Waals surface area contributed by atoms with Crippen molar-refractivity contribution in [1.82, 2.24) is 15.2 Å². The summed E-state index contributed by atoms with van der Waals surface area (Å²) in [6, 6.07) is 11.5. The minimum absolute atomic E-state index is 0.122. The smallest absolute Gasteiger partial charge is 0.318 e. The van der Waals surface area contributed by atoms with Gasteiger partial charge in [-0.25, -0.2) is 14.2 Å². The van der Waals surface area contributed by atoms with Crippen molar-refractivity contribution in [2.75, 3.05) is 13.6 Å². The van der Waals surface area contributed by atoms with E-state index in [2.05, 4.69) is 16.5 Å². The normalized spacial score (nSPS) is 16.0. The number of urea groups is 1. The quantitative estimate of drug-likeness (QED) is 0.761. The summed E-state index contributed by atoms with van der Waals surface area (Å²) >= 11 is 0. The van der Waals surface area contributed by atoms with Crippen LogP contribution < -0.4 is 5.32 Å². The first-order chi connectivity index (χ1) is 14.9. The third kappa shape index (κ3) is 5.52. The molecule has 0 spiro atoms. The van der Waals surface area contributed by atoms with E-state index in [1.165, 1.54) is 27.6 Å². The Morgan fingerprint density at radius 1 is 1.12 bits per heavy atom. The van der Waals surface area contributed by atoms with Crippen LogP contribution in [0.4, 0.5) is 9.18 Å². The highest BCUT2D eigenvalue weighted by Gasteiger charge is 2.34. The van der Waals surface area contributed by atoms with Crippen LogP contribution in [0.25, 0.3) is 0 Å². The maximum absolute atomic E-state index is 13.5. The fourth-order valence-corrected chi connectivity index (χ4v) is 3.54. The Kier molecular flexibility index (Phi) is 6.67. The number of aryl methyl sites for hydroxylation is 2. The second-order valence-corrected chi connectivity index (χ2v) is 9.39. The minimum Gasteiger partial charge on any atom is -0.333 e. The molecule has 2 aromatic rings. The lowest BCUT2D eigenvalue weighted by Gasteiger charge is -2.27. The van der Waals surface area contributed by atoms with Gasteiger partial charge in [0.25, 0.3) is 5.91 Å². The number of hydrazone groups is 1. The van der Waals surface area contributed by atoms with Crippen LogP contribution >= 0.6 is 0 Å². The van der Waals surface area contributed by atoms with E-state index >= 15 is 0 Å². The van der Waals surface area contributed by atoms with Gasteiger partial charge >= 0.3 is 6.03 Å². The van der Waals surface area contributed by atoms with Gasteiger partial charge in [0.1, 0.15) is 12.4 Å². The Morgan fingerprint density at radius 3 is 2.38 bits per heavy atom. The highest BCUT2D eigenvalue weighted by Crippen LogP contribution is 2.33. The molecule has 0 saturated heterocycles.